The van der Waals surface area contributed by atoms with Crippen LogP contribution in [0.1, 0.15) is 48.4 Å². The number of hydrogen-bond donors (Lipinski definition) is 0. The molecule has 3 aliphatic heterocycles. The van der Waals surface area contributed by atoms with Gasteiger partial charge in [0.15, 0.2) is 6.39 Å². The van der Waals surface area contributed by atoms with E-state index < -0.39 is 0 Å². The summed E-state index contributed by atoms with van der Waals surface area (Å²) in [4.78, 5) is 47.1. The molecule has 4 rings (SSSR count). The molecule has 0 spiro atoms. The van der Waals surface area contributed by atoms with E-state index in [9.17, 15) is 14.4 Å². The summed E-state index contributed by atoms with van der Waals surface area (Å²) in [6.07, 6.45) is 5.49. The molecule has 28 heavy (non-hydrogen) atoms. The smallest absolute Gasteiger partial charge is 0.291 e. The fourth-order valence-corrected chi connectivity index (χ4v) is 4.59. The Morgan fingerprint density at radius 1 is 1.14 bits per heavy atom. The van der Waals surface area contributed by atoms with Crippen LogP contribution < -0.4 is 0 Å². The minimum Gasteiger partial charge on any atom is -0.438 e. The fraction of sp³-hybridized carbons (Fsp3) is 0.700. The van der Waals surface area contributed by atoms with Crippen molar-refractivity contribution in [1.82, 2.24) is 19.7 Å². The summed E-state index contributed by atoms with van der Waals surface area (Å²) >= 11 is 0. The lowest BCUT2D eigenvalue weighted by Crippen LogP contribution is -2.42. The first-order valence-corrected chi connectivity index (χ1v) is 10.3. The zero-order chi connectivity index (χ0) is 19.7. The average Bonchev–Trinajstić information content (AvgIpc) is 3.44. The Morgan fingerprint density at radius 3 is 2.50 bits per heavy atom. The second-order valence-corrected chi connectivity index (χ2v) is 8.23. The van der Waals surface area contributed by atoms with Gasteiger partial charge in [-0.25, -0.2) is 4.98 Å². The highest BCUT2D eigenvalue weighted by Crippen LogP contribution is 2.26. The molecule has 3 amide bonds. The van der Waals surface area contributed by atoms with E-state index in [1.54, 1.807) is 11.8 Å². The number of piperidine rings is 1. The van der Waals surface area contributed by atoms with Crippen LogP contribution >= 0.6 is 0 Å². The summed E-state index contributed by atoms with van der Waals surface area (Å²) < 4.78 is 5.21. The maximum Gasteiger partial charge on any atom is 0.291 e. The van der Waals surface area contributed by atoms with Crippen LogP contribution in [0.2, 0.25) is 0 Å². The van der Waals surface area contributed by atoms with Gasteiger partial charge in [-0.1, -0.05) is 0 Å². The van der Waals surface area contributed by atoms with Gasteiger partial charge in [-0.05, 0) is 38.5 Å². The van der Waals surface area contributed by atoms with Crippen LogP contribution in [0.4, 0.5) is 0 Å². The standard InChI is InChI=1S/C20H28N4O4/c1-14-18(28-13-21-14)20(27)23-8-4-15(5-9-23)11-24-12-16(10-17(24)25)19(26)22-6-2-3-7-22/h13,15-16H,2-12H2,1H3. The molecular formula is C20H28N4O4. The van der Waals surface area contributed by atoms with Gasteiger partial charge >= 0.3 is 0 Å². The molecule has 1 atom stereocenters. The molecule has 152 valence electrons. The molecule has 8 nitrogen and oxygen atoms in total. The zero-order valence-electron chi connectivity index (χ0n) is 16.4. The predicted octanol–water partition coefficient (Wildman–Crippen LogP) is 1.31. The van der Waals surface area contributed by atoms with Crippen molar-refractivity contribution >= 4 is 17.7 Å². The number of amides is 3. The second-order valence-electron chi connectivity index (χ2n) is 8.23. The van der Waals surface area contributed by atoms with Gasteiger partial charge in [0.2, 0.25) is 17.6 Å². The highest BCUT2D eigenvalue weighted by molar-refractivity contribution is 5.92. The van der Waals surface area contributed by atoms with Crippen LogP contribution in [-0.4, -0.2) is 76.7 Å². The highest BCUT2D eigenvalue weighted by atomic mass is 16.3. The minimum absolute atomic E-state index is 0.0911. The van der Waals surface area contributed by atoms with Crippen LogP contribution in [0.3, 0.4) is 0 Å². The van der Waals surface area contributed by atoms with Crippen LogP contribution in [0, 0.1) is 18.8 Å². The first-order chi connectivity index (χ1) is 13.5. The van der Waals surface area contributed by atoms with E-state index in [4.69, 9.17) is 4.42 Å². The van der Waals surface area contributed by atoms with Gasteiger partial charge < -0.3 is 19.1 Å². The van der Waals surface area contributed by atoms with E-state index in [2.05, 4.69) is 4.98 Å². The van der Waals surface area contributed by atoms with E-state index in [-0.39, 0.29) is 23.6 Å². The molecule has 1 aromatic rings. The summed E-state index contributed by atoms with van der Waals surface area (Å²) in [7, 11) is 0. The molecule has 3 fully saturated rings. The summed E-state index contributed by atoms with van der Waals surface area (Å²) in [5.41, 5.74) is 0.614. The first-order valence-electron chi connectivity index (χ1n) is 10.3. The van der Waals surface area contributed by atoms with E-state index in [1.807, 2.05) is 9.80 Å². The number of likely N-dealkylation sites (tertiary alicyclic amines) is 3. The van der Waals surface area contributed by atoms with Crippen molar-refractivity contribution in [2.24, 2.45) is 11.8 Å². The van der Waals surface area contributed by atoms with Crippen molar-refractivity contribution in [3.63, 3.8) is 0 Å². The molecular weight excluding hydrogens is 360 g/mol. The molecule has 4 heterocycles. The fourth-order valence-electron chi connectivity index (χ4n) is 4.59. The van der Waals surface area contributed by atoms with Gasteiger partial charge in [-0.3, -0.25) is 14.4 Å². The quantitative estimate of drug-likeness (QED) is 0.776. The van der Waals surface area contributed by atoms with E-state index in [1.165, 1.54) is 6.39 Å². The number of carbonyl (C=O) groups is 3. The van der Waals surface area contributed by atoms with Gasteiger partial charge in [-0.2, -0.15) is 0 Å². The number of oxazole rings is 1. The van der Waals surface area contributed by atoms with E-state index in [0.717, 1.165) is 38.8 Å². The molecule has 0 aliphatic carbocycles. The lowest BCUT2D eigenvalue weighted by atomic mass is 9.96. The Bertz CT molecular complexity index is 747. The maximum atomic E-state index is 12.6. The molecule has 0 saturated carbocycles. The molecule has 0 aromatic carbocycles. The third-order valence-electron chi connectivity index (χ3n) is 6.30. The normalized spacial score (nSPS) is 23.7. The zero-order valence-corrected chi connectivity index (χ0v) is 16.4. The maximum absolute atomic E-state index is 12.6. The summed E-state index contributed by atoms with van der Waals surface area (Å²) in [5, 5.41) is 0. The molecule has 1 aromatic heterocycles. The van der Waals surface area contributed by atoms with Crippen LogP contribution in [0.25, 0.3) is 0 Å². The van der Waals surface area contributed by atoms with Crippen molar-refractivity contribution < 1.29 is 18.8 Å². The number of aryl methyl sites for hydroxylation is 1. The number of nitrogens with zero attached hydrogens (tertiary/aromatic N) is 4. The highest BCUT2D eigenvalue weighted by Gasteiger charge is 2.38. The van der Waals surface area contributed by atoms with Crippen LogP contribution in [0.5, 0.6) is 0 Å². The number of carbonyl (C=O) groups excluding carboxylic acids is 3. The molecule has 3 aliphatic rings. The number of hydrogen-bond acceptors (Lipinski definition) is 5. The van der Waals surface area contributed by atoms with Crippen LogP contribution in [-0.2, 0) is 9.59 Å². The Kier molecular flexibility index (Phi) is 5.37. The Hall–Kier alpha value is -2.38. The lowest BCUT2D eigenvalue weighted by molar-refractivity contribution is -0.134. The lowest BCUT2D eigenvalue weighted by Gasteiger charge is -2.33. The molecule has 0 N–H and O–H groups in total. The summed E-state index contributed by atoms with van der Waals surface area (Å²) in [5.74, 6) is 0.633. The SMILES string of the molecule is Cc1ncoc1C(=O)N1CCC(CN2CC(C(=O)N3CCCC3)CC2=O)CC1. The molecule has 3 saturated heterocycles. The van der Waals surface area contributed by atoms with Crippen molar-refractivity contribution in [2.45, 2.75) is 39.0 Å². The number of rotatable bonds is 4. The summed E-state index contributed by atoms with van der Waals surface area (Å²) in [6, 6.07) is 0. The molecule has 0 bridgehead atoms. The van der Waals surface area contributed by atoms with Gasteiger partial charge in [0.05, 0.1) is 11.6 Å². The molecule has 1 unspecified atom stereocenters. The van der Waals surface area contributed by atoms with Crippen LogP contribution in [0.15, 0.2) is 10.8 Å². The van der Waals surface area contributed by atoms with Gasteiger partial charge in [0.25, 0.3) is 5.91 Å². The Balaban J connectivity index is 1.27. The molecule has 0 radical (unpaired) electrons. The van der Waals surface area contributed by atoms with Gasteiger partial charge in [0, 0.05) is 45.7 Å². The predicted molar refractivity (Wildman–Crippen MR) is 100 cm³/mol. The van der Waals surface area contributed by atoms with Crippen molar-refractivity contribution in [3.05, 3.63) is 17.8 Å². The minimum atomic E-state index is -0.179. The Morgan fingerprint density at radius 2 is 1.86 bits per heavy atom. The average molecular weight is 388 g/mol. The summed E-state index contributed by atoms with van der Waals surface area (Å²) in [6.45, 7) is 5.98. The Labute approximate surface area is 164 Å². The molecule has 8 heteroatoms. The van der Waals surface area contributed by atoms with Crippen molar-refractivity contribution in [3.8, 4) is 0 Å². The topological polar surface area (TPSA) is 87.0 Å². The second kappa shape index (κ2) is 7.93. The third-order valence-corrected chi connectivity index (χ3v) is 6.30. The third kappa shape index (κ3) is 3.77. The van der Waals surface area contributed by atoms with Crippen molar-refractivity contribution in [1.29, 1.82) is 0 Å². The van der Waals surface area contributed by atoms with Gasteiger partial charge in [0.1, 0.15) is 0 Å². The van der Waals surface area contributed by atoms with E-state index >= 15 is 0 Å². The number of aromatic nitrogens is 1. The first kappa shape index (κ1) is 19.0. The monoisotopic (exact) mass is 388 g/mol. The largest absolute Gasteiger partial charge is 0.438 e. The van der Waals surface area contributed by atoms with Gasteiger partial charge in [-0.15, -0.1) is 0 Å². The van der Waals surface area contributed by atoms with E-state index in [0.29, 0.717) is 50.0 Å². The van der Waals surface area contributed by atoms with Crippen molar-refractivity contribution in [2.75, 3.05) is 39.3 Å².